The Morgan fingerprint density at radius 1 is 0.893 bits per heavy atom. The second kappa shape index (κ2) is 7.42. The number of fused-ring (bicyclic) bond motifs is 3. The van der Waals surface area contributed by atoms with Crippen LogP contribution in [0.3, 0.4) is 0 Å². The van der Waals surface area contributed by atoms with Crippen molar-refractivity contribution in [2.45, 2.75) is 90.0 Å². The second-order valence-electron chi connectivity index (χ2n) is 10.1. The van der Waals surface area contributed by atoms with Crippen LogP contribution in [0, 0.1) is 0 Å². The number of nitrogens with zero attached hydrogens (tertiary/aromatic N) is 1. The highest BCUT2D eigenvalue weighted by molar-refractivity contribution is 6.74. The van der Waals surface area contributed by atoms with Crippen molar-refractivity contribution in [1.29, 1.82) is 0 Å². The molecule has 1 unspecified atom stereocenters. The Labute approximate surface area is 171 Å². The molecule has 1 atom stereocenters. The fourth-order valence-electron chi connectivity index (χ4n) is 4.54. The molecule has 2 aliphatic carbocycles. The third-order valence-corrected chi connectivity index (χ3v) is 11.6. The summed E-state index contributed by atoms with van der Waals surface area (Å²) in [5.41, 5.74) is 8.41. The zero-order chi connectivity index (χ0) is 19.9. The van der Waals surface area contributed by atoms with Gasteiger partial charge < -0.3 is 4.43 Å². The molecule has 2 nitrogen and oxygen atoms in total. The monoisotopic (exact) mass is 393 g/mol. The first-order chi connectivity index (χ1) is 13.3. The third kappa shape index (κ3) is 3.59. The van der Waals surface area contributed by atoms with E-state index in [0.29, 0.717) is 0 Å². The highest BCUT2D eigenvalue weighted by Gasteiger charge is 2.41. The summed E-state index contributed by atoms with van der Waals surface area (Å²) in [5, 5.41) is 0.223. The van der Waals surface area contributed by atoms with Gasteiger partial charge in [-0.15, -0.1) is 0 Å². The second-order valence-corrected chi connectivity index (χ2v) is 14.9. The van der Waals surface area contributed by atoms with Gasteiger partial charge in [0.25, 0.3) is 0 Å². The van der Waals surface area contributed by atoms with Crippen LogP contribution in [0.5, 0.6) is 0 Å². The summed E-state index contributed by atoms with van der Waals surface area (Å²) in [6.45, 7) is 11.7. The average Bonchev–Trinajstić information content (AvgIpc) is 2.67. The predicted molar refractivity (Wildman–Crippen MR) is 120 cm³/mol. The maximum absolute atomic E-state index is 6.93. The molecule has 28 heavy (non-hydrogen) atoms. The molecule has 0 radical (unpaired) electrons. The van der Waals surface area contributed by atoms with Crippen LogP contribution in [-0.4, -0.2) is 13.3 Å². The van der Waals surface area contributed by atoms with Crippen LogP contribution < -0.4 is 0 Å². The molecule has 0 saturated heterocycles. The molecule has 4 rings (SSSR count). The Hall–Kier alpha value is -1.45. The van der Waals surface area contributed by atoms with E-state index in [-0.39, 0.29) is 11.1 Å². The molecule has 2 aromatic rings. The normalized spacial score (nSPS) is 19.8. The van der Waals surface area contributed by atoms with E-state index in [1.54, 1.807) is 5.56 Å². The number of rotatable bonds is 3. The lowest BCUT2D eigenvalue weighted by atomic mass is 9.80. The highest BCUT2D eigenvalue weighted by atomic mass is 28.4. The SMILES string of the molecule is CC(C)(C)[Si](C)(C)OC1CCCc2c1nc(-c1ccccc1)c1c2CCCC1. The van der Waals surface area contributed by atoms with Gasteiger partial charge in [-0.2, -0.15) is 0 Å². The molecule has 0 fully saturated rings. The van der Waals surface area contributed by atoms with Crippen molar-refractivity contribution < 1.29 is 4.43 Å². The Morgan fingerprint density at radius 2 is 1.54 bits per heavy atom. The first kappa shape index (κ1) is 19.8. The number of hydrogen-bond acceptors (Lipinski definition) is 2. The van der Waals surface area contributed by atoms with Gasteiger partial charge in [-0.25, -0.2) is 4.98 Å². The Kier molecular flexibility index (Phi) is 5.26. The summed E-state index contributed by atoms with van der Waals surface area (Å²) in [6, 6.07) is 10.8. The van der Waals surface area contributed by atoms with E-state index < -0.39 is 8.32 Å². The summed E-state index contributed by atoms with van der Waals surface area (Å²) in [6.07, 6.45) is 8.67. The molecule has 3 heteroatoms. The van der Waals surface area contributed by atoms with E-state index >= 15 is 0 Å². The van der Waals surface area contributed by atoms with Crippen LogP contribution >= 0.6 is 0 Å². The number of pyridine rings is 1. The maximum Gasteiger partial charge on any atom is 0.192 e. The van der Waals surface area contributed by atoms with E-state index in [1.807, 2.05) is 0 Å². The molecular formula is C25H35NOSi. The topological polar surface area (TPSA) is 22.1 Å². The minimum atomic E-state index is -1.83. The molecule has 1 heterocycles. The van der Waals surface area contributed by atoms with Crippen LogP contribution in [0.15, 0.2) is 30.3 Å². The van der Waals surface area contributed by atoms with Crippen LogP contribution in [-0.2, 0) is 23.7 Å². The molecule has 150 valence electrons. The highest BCUT2D eigenvalue weighted by Crippen LogP contribution is 2.45. The van der Waals surface area contributed by atoms with Gasteiger partial charge >= 0.3 is 0 Å². The molecule has 0 spiro atoms. The van der Waals surface area contributed by atoms with Gasteiger partial charge in [0.2, 0.25) is 0 Å². The van der Waals surface area contributed by atoms with Crippen molar-refractivity contribution in [3.05, 3.63) is 52.7 Å². The molecule has 0 aliphatic heterocycles. The fraction of sp³-hybridized carbons (Fsp3) is 0.560. The van der Waals surface area contributed by atoms with E-state index in [1.165, 1.54) is 66.6 Å². The van der Waals surface area contributed by atoms with Crippen molar-refractivity contribution in [3.8, 4) is 11.3 Å². The van der Waals surface area contributed by atoms with E-state index in [9.17, 15) is 0 Å². The maximum atomic E-state index is 6.93. The van der Waals surface area contributed by atoms with Crippen LogP contribution in [0.25, 0.3) is 11.3 Å². The van der Waals surface area contributed by atoms with E-state index in [0.717, 1.165) is 6.42 Å². The lowest BCUT2D eigenvalue weighted by Gasteiger charge is -2.41. The van der Waals surface area contributed by atoms with Gasteiger partial charge in [-0.1, -0.05) is 51.1 Å². The van der Waals surface area contributed by atoms with Crippen molar-refractivity contribution in [2.75, 3.05) is 0 Å². The summed E-state index contributed by atoms with van der Waals surface area (Å²) >= 11 is 0. The minimum absolute atomic E-state index is 0.166. The zero-order valence-electron chi connectivity index (χ0n) is 18.3. The average molecular weight is 394 g/mol. The van der Waals surface area contributed by atoms with Gasteiger partial charge in [-0.05, 0) is 79.8 Å². The van der Waals surface area contributed by atoms with Crippen LogP contribution in [0.4, 0.5) is 0 Å². The summed E-state index contributed by atoms with van der Waals surface area (Å²) in [7, 11) is -1.83. The molecule has 0 bridgehead atoms. The third-order valence-electron chi connectivity index (χ3n) is 7.15. The Bertz CT molecular complexity index is 851. The minimum Gasteiger partial charge on any atom is -0.408 e. The van der Waals surface area contributed by atoms with Crippen molar-refractivity contribution in [2.24, 2.45) is 0 Å². The van der Waals surface area contributed by atoms with Crippen LogP contribution in [0.1, 0.15) is 74.9 Å². The summed E-state index contributed by atoms with van der Waals surface area (Å²) in [4.78, 5) is 5.34. The van der Waals surface area contributed by atoms with E-state index in [2.05, 4.69) is 64.2 Å². The van der Waals surface area contributed by atoms with E-state index in [4.69, 9.17) is 9.41 Å². The molecule has 1 aromatic carbocycles. The predicted octanol–water partition coefficient (Wildman–Crippen LogP) is 7.03. The zero-order valence-corrected chi connectivity index (χ0v) is 19.3. The van der Waals surface area contributed by atoms with Crippen LogP contribution in [0.2, 0.25) is 18.1 Å². The summed E-state index contributed by atoms with van der Waals surface area (Å²) in [5.74, 6) is 0. The molecule has 0 amide bonds. The lowest BCUT2D eigenvalue weighted by Crippen LogP contribution is -2.42. The lowest BCUT2D eigenvalue weighted by molar-refractivity contribution is 0.158. The van der Waals surface area contributed by atoms with Crippen molar-refractivity contribution >= 4 is 8.32 Å². The smallest absolute Gasteiger partial charge is 0.192 e. The molecule has 0 saturated carbocycles. The first-order valence-corrected chi connectivity index (χ1v) is 14.0. The largest absolute Gasteiger partial charge is 0.408 e. The van der Waals surface area contributed by atoms with Gasteiger partial charge in [0.05, 0.1) is 17.5 Å². The Balaban J connectivity index is 1.83. The molecule has 0 N–H and O–H groups in total. The number of hydrogen-bond donors (Lipinski definition) is 0. The van der Waals surface area contributed by atoms with Gasteiger partial charge in [-0.3, -0.25) is 0 Å². The summed E-state index contributed by atoms with van der Waals surface area (Å²) < 4.78 is 6.93. The van der Waals surface area contributed by atoms with Crippen molar-refractivity contribution in [1.82, 2.24) is 4.98 Å². The number of benzene rings is 1. The fourth-order valence-corrected chi connectivity index (χ4v) is 5.83. The quantitative estimate of drug-likeness (QED) is 0.522. The van der Waals surface area contributed by atoms with Crippen molar-refractivity contribution in [3.63, 3.8) is 0 Å². The first-order valence-electron chi connectivity index (χ1n) is 11.1. The van der Waals surface area contributed by atoms with Gasteiger partial charge in [0.15, 0.2) is 8.32 Å². The molecular weight excluding hydrogens is 358 g/mol. The standard InChI is InChI=1S/C25H35NOSi/c1-25(2,3)28(4,5)27-22-17-11-16-21-19-14-9-10-15-20(19)23(26-24(21)22)18-12-7-6-8-13-18/h6-8,12-13,22H,9-11,14-17H2,1-5H3. The van der Waals surface area contributed by atoms with Gasteiger partial charge in [0.1, 0.15) is 0 Å². The number of aromatic nitrogens is 1. The molecule has 1 aromatic heterocycles. The van der Waals surface area contributed by atoms with Gasteiger partial charge in [0, 0.05) is 5.56 Å². The molecule has 2 aliphatic rings. The Morgan fingerprint density at radius 3 is 2.21 bits per heavy atom.